The summed E-state index contributed by atoms with van der Waals surface area (Å²) in [5, 5.41) is 7.78. The highest BCUT2D eigenvalue weighted by Gasteiger charge is 2.30. The minimum absolute atomic E-state index is 0.0181. The first-order valence-corrected chi connectivity index (χ1v) is 10.5. The van der Waals surface area contributed by atoms with Crippen LogP contribution in [0.15, 0.2) is 29.9 Å². The summed E-state index contributed by atoms with van der Waals surface area (Å²) < 4.78 is 1.83. The molecule has 9 heteroatoms. The van der Waals surface area contributed by atoms with Crippen molar-refractivity contribution in [2.75, 3.05) is 5.32 Å². The van der Waals surface area contributed by atoms with Crippen molar-refractivity contribution in [3.8, 4) is 11.3 Å². The van der Waals surface area contributed by atoms with Gasteiger partial charge in [-0.05, 0) is 37.8 Å². The number of hydrogen-bond acceptors (Lipinski definition) is 6. The second kappa shape index (κ2) is 7.07. The first-order valence-electron chi connectivity index (χ1n) is 9.66. The van der Waals surface area contributed by atoms with Gasteiger partial charge in [-0.2, -0.15) is 0 Å². The number of thiazole rings is 1. The summed E-state index contributed by atoms with van der Waals surface area (Å²) in [5.74, 6) is 0.443. The average molecular weight is 409 g/mol. The molecule has 3 aromatic heterocycles. The van der Waals surface area contributed by atoms with E-state index in [0.29, 0.717) is 35.0 Å². The molecule has 2 N–H and O–H groups in total. The maximum atomic E-state index is 12.4. The van der Waals surface area contributed by atoms with E-state index >= 15 is 0 Å². The summed E-state index contributed by atoms with van der Waals surface area (Å²) in [6, 6.07) is 3.34. The molecule has 3 aromatic rings. The summed E-state index contributed by atoms with van der Waals surface area (Å²) in [6.45, 7) is 0. The maximum absolute atomic E-state index is 12.4. The fourth-order valence-corrected chi connectivity index (χ4v) is 4.21. The molecule has 3 heterocycles. The third-order valence-electron chi connectivity index (χ3n) is 5.25. The Morgan fingerprint density at radius 3 is 2.76 bits per heavy atom. The van der Waals surface area contributed by atoms with Gasteiger partial charge in [-0.15, -0.1) is 11.3 Å². The molecule has 5 rings (SSSR count). The second-order valence-corrected chi connectivity index (χ2v) is 8.35. The van der Waals surface area contributed by atoms with Crippen molar-refractivity contribution in [1.29, 1.82) is 0 Å². The number of rotatable bonds is 5. The van der Waals surface area contributed by atoms with Gasteiger partial charge in [0.25, 0.3) is 5.91 Å². The Balaban J connectivity index is 1.33. The highest BCUT2D eigenvalue weighted by atomic mass is 32.1. The van der Waals surface area contributed by atoms with Gasteiger partial charge in [0.1, 0.15) is 5.65 Å². The van der Waals surface area contributed by atoms with Crippen molar-refractivity contribution < 1.29 is 14.4 Å². The Bertz CT molecular complexity index is 1130. The lowest BCUT2D eigenvalue weighted by molar-refractivity contribution is -0.119. The highest BCUT2D eigenvalue weighted by Crippen LogP contribution is 2.30. The Kier molecular flexibility index (Phi) is 4.39. The number of Topliss-reactive ketones (excluding diaryl/α,β-unsaturated/α-hetero) is 1. The molecule has 2 aliphatic rings. The number of pyridine rings is 1. The molecule has 2 amide bonds. The number of nitrogens with zero attached hydrogens (tertiary/aromatic N) is 3. The highest BCUT2D eigenvalue weighted by molar-refractivity contribution is 7.12. The van der Waals surface area contributed by atoms with Crippen molar-refractivity contribution >= 4 is 40.4 Å². The molecule has 8 nitrogen and oxygen atoms in total. The molecule has 1 unspecified atom stereocenters. The number of aromatic nitrogens is 3. The molecule has 148 valence electrons. The van der Waals surface area contributed by atoms with Gasteiger partial charge in [0.05, 0.1) is 17.9 Å². The van der Waals surface area contributed by atoms with Gasteiger partial charge in [-0.25, -0.2) is 9.97 Å². The topological polar surface area (TPSA) is 105 Å². The van der Waals surface area contributed by atoms with Gasteiger partial charge in [0.2, 0.25) is 5.91 Å². The summed E-state index contributed by atoms with van der Waals surface area (Å²) in [7, 11) is 0. The molecule has 2 saturated carbocycles. The SMILES string of the molecule is O=C(NC1CCCC1=O)c1nc(-c2ccc3nc(NC(=O)C4CC4)cn3c2)cs1. The summed E-state index contributed by atoms with van der Waals surface area (Å²) in [5.41, 5.74) is 2.23. The van der Waals surface area contributed by atoms with Crippen molar-refractivity contribution in [3.63, 3.8) is 0 Å². The molecular weight excluding hydrogens is 390 g/mol. The molecule has 29 heavy (non-hydrogen) atoms. The van der Waals surface area contributed by atoms with E-state index in [0.717, 1.165) is 24.8 Å². The Morgan fingerprint density at radius 1 is 1.14 bits per heavy atom. The minimum atomic E-state index is -0.388. The van der Waals surface area contributed by atoms with Crippen LogP contribution in [0.3, 0.4) is 0 Å². The maximum Gasteiger partial charge on any atom is 0.280 e. The third-order valence-corrected chi connectivity index (χ3v) is 6.10. The van der Waals surface area contributed by atoms with Crippen LogP contribution >= 0.6 is 11.3 Å². The molecule has 2 fully saturated rings. The lowest BCUT2D eigenvalue weighted by atomic mass is 10.2. The minimum Gasteiger partial charge on any atom is -0.340 e. The molecule has 0 aromatic carbocycles. The van der Waals surface area contributed by atoms with E-state index < -0.39 is 0 Å². The largest absolute Gasteiger partial charge is 0.340 e. The fourth-order valence-electron chi connectivity index (χ4n) is 3.48. The number of hydrogen-bond donors (Lipinski definition) is 2. The van der Waals surface area contributed by atoms with Gasteiger partial charge in [0, 0.05) is 29.5 Å². The smallest absolute Gasteiger partial charge is 0.280 e. The van der Waals surface area contributed by atoms with Crippen molar-refractivity contribution in [1.82, 2.24) is 19.7 Å². The van der Waals surface area contributed by atoms with Gasteiger partial charge >= 0.3 is 0 Å². The lowest BCUT2D eigenvalue weighted by Gasteiger charge is -2.08. The summed E-state index contributed by atoms with van der Waals surface area (Å²) in [6.07, 6.45) is 7.57. The predicted octanol–water partition coefficient (Wildman–Crippen LogP) is 2.66. The Hall–Kier alpha value is -3.07. The lowest BCUT2D eigenvalue weighted by Crippen LogP contribution is -2.37. The van der Waals surface area contributed by atoms with Crippen LogP contribution in [0.2, 0.25) is 0 Å². The second-order valence-electron chi connectivity index (χ2n) is 7.50. The standard InChI is InChI=1S/C20H19N5O3S/c26-15-3-1-2-13(15)21-19(28)20-22-14(10-29-20)12-6-7-17-23-16(9-25(17)8-12)24-18(27)11-4-5-11/h6-11,13H,1-5H2,(H,21,28)(H,24,27). The number of ketones is 1. The van der Waals surface area contributed by atoms with Crippen LogP contribution < -0.4 is 10.6 Å². The van der Waals surface area contributed by atoms with Crippen LogP contribution in [-0.2, 0) is 9.59 Å². The molecule has 0 radical (unpaired) electrons. The zero-order valence-corrected chi connectivity index (χ0v) is 16.4. The van der Waals surface area contributed by atoms with Crippen LogP contribution in [0.4, 0.5) is 5.82 Å². The number of imidazole rings is 1. The van der Waals surface area contributed by atoms with Crippen molar-refractivity contribution in [2.45, 2.75) is 38.1 Å². The molecule has 1 atom stereocenters. The number of anilines is 1. The van der Waals surface area contributed by atoms with Gasteiger partial charge in [-0.3, -0.25) is 14.4 Å². The van der Waals surface area contributed by atoms with E-state index in [1.807, 2.05) is 28.1 Å². The summed E-state index contributed by atoms with van der Waals surface area (Å²) in [4.78, 5) is 44.9. The number of carbonyl (C=O) groups excluding carboxylic acids is 3. The van der Waals surface area contributed by atoms with Gasteiger partial charge < -0.3 is 15.0 Å². The van der Waals surface area contributed by atoms with Crippen LogP contribution in [0.1, 0.15) is 41.9 Å². The van der Waals surface area contributed by atoms with Crippen molar-refractivity contribution in [3.05, 3.63) is 34.9 Å². The number of amides is 2. The van der Waals surface area contributed by atoms with Crippen LogP contribution in [0, 0.1) is 5.92 Å². The average Bonchev–Trinajstić information content (AvgIpc) is 3.10. The van der Waals surface area contributed by atoms with Crippen LogP contribution in [-0.4, -0.2) is 38.0 Å². The Morgan fingerprint density at radius 2 is 2.00 bits per heavy atom. The van der Waals surface area contributed by atoms with Crippen molar-refractivity contribution in [2.24, 2.45) is 5.92 Å². The molecular formula is C20H19N5O3S. The predicted molar refractivity (Wildman–Crippen MR) is 108 cm³/mol. The summed E-state index contributed by atoms with van der Waals surface area (Å²) >= 11 is 1.25. The molecule has 0 spiro atoms. The number of carbonyl (C=O) groups is 3. The Labute approximate surface area is 170 Å². The molecule has 2 aliphatic carbocycles. The molecule has 0 aliphatic heterocycles. The fraction of sp³-hybridized carbons (Fsp3) is 0.350. The van der Waals surface area contributed by atoms with E-state index in [4.69, 9.17) is 0 Å². The van der Waals surface area contributed by atoms with E-state index in [-0.39, 0.29) is 29.6 Å². The zero-order chi connectivity index (χ0) is 20.0. The monoisotopic (exact) mass is 409 g/mol. The van der Waals surface area contributed by atoms with E-state index in [9.17, 15) is 14.4 Å². The van der Waals surface area contributed by atoms with E-state index in [2.05, 4.69) is 20.6 Å². The quantitative estimate of drug-likeness (QED) is 0.674. The van der Waals surface area contributed by atoms with Crippen LogP contribution in [0.5, 0.6) is 0 Å². The first-order chi connectivity index (χ1) is 14.1. The first kappa shape index (κ1) is 18.0. The molecule has 0 bridgehead atoms. The van der Waals surface area contributed by atoms with E-state index in [1.54, 1.807) is 6.20 Å². The van der Waals surface area contributed by atoms with Gasteiger partial charge in [-0.1, -0.05) is 0 Å². The van der Waals surface area contributed by atoms with Gasteiger partial charge in [0.15, 0.2) is 16.6 Å². The third kappa shape index (κ3) is 3.65. The normalized spacial score (nSPS) is 18.9. The van der Waals surface area contributed by atoms with Crippen LogP contribution in [0.25, 0.3) is 16.9 Å². The van der Waals surface area contributed by atoms with E-state index in [1.165, 1.54) is 11.3 Å². The zero-order valence-electron chi connectivity index (χ0n) is 15.6. The number of nitrogens with one attached hydrogen (secondary N) is 2. The number of fused-ring (bicyclic) bond motifs is 1. The molecule has 0 saturated heterocycles.